The molecule has 3 aromatic rings. The Bertz CT molecular complexity index is 1080. The smallest absolute Gasteiger partial charge is 0.0639 e. The van der Waals surface area contributed by atoms with Crippen LogP contribution in [-0.4, -0.2) is 24.9 Å². The summed E-state index contributed by atoms with van der Waals surface area (Å²) < 4.78 is 2.19. The van der Waals surface area contributed by atoms with Crippen molar-refractivity contribution in [2.24, 2.45) is 22.7 Å². The average Bonchev–Trinajstić information content (AvgIpc) is 3.26. The number of anilines is 1. The molecule has 32 heavy (non-hydrogen) atoms. The molecular weight excluding hydrogens is 390 g/mol. The number of hydrogen-bond donors (Lipinski definition) is 0. The largest absolute Gasteiger partial charge is 0.378 e. The van der Waals surface area contributed by atoms with Gasteiger partial charge in [-0.25, -0.2) is 0 Å². The molecule has 0 unspecified atom stereocenters. The highest BCUT2D eigenvalue weighted by Gasteiger charge is 2.51. The van der Waals surface area contributed by atoms with Gasteiger partial charge in [0, 0.05) is 31.7 Å². The minimum absolute atomic E-state index is 0.463. The third-order valence-electron chi connectivity index (χ3n) is 8.29. The highest BCUT2D eigenvalue weighted by Crippen LogP contribution is 2.60. The van der Waals surface area contributed by atoms with E-state index in [-0.39, 0.29) is 0 Å². The van der Waals surface area contributed by atoms with Gasteiger partial charge in [-0.05, 0) is 116 Å². The van der Waals surface area contributed by atoms with Gasteiger partial charge < -0.3 is 9.47 Å². The molecular formula is C29H33N3. The summed E-state index contributed by atoms with van der Waals surface area (Å²) in [6.45, 7) is 0. The van der Waals surface area contributed by atoms with E-state index in [1.54, 1.807) is 5.56 Å². The van der Waals surface area contributed by atoms with E-state index in [0.29, 0.717) is 5.41 Å². The fourth-order valence-electron chi connectivity index (χ4n) is 7.15. The maximum atomic E-state index is 4.81. The summed E-state index contributed by atoms with van der Waals surface area (Å²) in [5.41, 5.74) is 6.51. The SMILES string of the molecule is CN(C)c1ccc(-n2cccc2C=Nc2ccc(C34CC5CC(CC(C5)C3)C4)cc2)cc1. The fraction of sp³-hybridized carbons (Fsp3) is 0.414. The maximum absolute atomic E-state index is 4.81. The molecule has 0 N–H and O–H groups in total. The van der Waals surface area contributed by atoms with Crippen molar-refractivity contribution < 1.29 is 0 Å². The van der Waals surface area contributed by atoms with Gasteiger partial charge in [0.05, 0.1) is 17.6 Å². The topological polar surface area (TPSA) is 20.5 Å². The molecule has 0 atom stereocenters. The number of rotatable bonds is 5. The molecule has 3 nitrogen and oxygen atoms in total. The third kappa shape index (κ3) is 3.48. The van der Waals surface area contributed by atoms with Crippen LogP contribution in [0.2, 0.25) is 0 Å². The number of aromatic nitrogens is 1. The molecule has 0 radical (unpaired) electrons. The Balaban J connectivity index is 1.20. The number of nitrogens with zero attached hydrogens (tertiary/aromatic N) is 3. The normalized spacial score (nSPS) is 28.5. The third-order valence-corrected chi connectivity index (χ3v) is 8.29. The lowest BCUT2D eigenvalue weighted by atomic mass is 9.48. The standard InChI is InChI=1S/C29H33N3/c1-31(2)26-9-11-27(12-10-26)32-13-3-4-28(32)20-30-25-7-5-24(6-8-25)29-17-21-14-22(18-29)16-23(15-21)19-29/h3-13,20-23H,14-19H2,1-2H3. The van der Waals surface area contributed by atoms with Gasteiger partial charge in [-0.3, -0.25) is 4.99 Å². The molecule has 0 aliphatic heterocycles. The lowest BCUT2D eigenvalue weighted by molar-refractivity contribution is -0.00518. The average molecular weight is 424 g/mol. The van der Waals surface area contributed by atoms with Gasteiger partial charge in [0.1, 0.15) is 0 Å². The van der Waals surface area contributed by atoms with Crippen LogP contribution < -0.4 is 4.90 Å². The first kappa shape index (κ1) is 19.8. The first-order valence-corrected chi connectivity index (χ1v) is 12.2. The predicted molar refractivity (Wildman–Crippen MR) is 134 cm³/mol. The van der Waals surface area contributed by atoms with Crippen molar-refractivity contribution >= 4 is 17.6 Å². The molecule has 0 saturated heterocycles. The zero-order valence-electron chi connectivity index (χ0n) is 19.2. The molecule has 4 fully saturated rings. The van der Waals surface area contributed by atoms with E-state index in [1.807, 2.05) is 6.21 Å². The molecule has 1 heterocycles. The first-order valence-electron chi connectivity index (χ1n) is 12.2. The summed E-state index contributed by atoms with van der Waals surface area (Å²) in [5, 5.41) is 0. The van der Waals surface area contributed by atoms with Gasteiger partial charge in [-0.1, -0.05) is 12.1 Å². The zero-order chi connectivity index (χ0) is 21.7. The summed E-state index contributed by atoms with van der Waals surface area (Å²) in [6.07, 6.45) is 12.8. The Morgan fingerprint density at radius 1 is 0.844 bits per heavy atom. The number of benzene rings is 2. The second-order valence-electron chi connectivity index (χ2n) is 10.7. The Morgan fingerprint density at radius 2 is 1.47 bits per heavy atom. The van der Waals surface area contributed by atoms with Crippen LogP contribution in [0, 0.1) is 17.8 Å². The fourth-order valence-corrected chi connectivity index (χ4v) is 7.15. The molecule has 2 aromatic carbocycles. The van der Waals surface area contributed by atoms with Gasteiger partial charge >= 0.3 is 0 Å². The van der Waals surface area contributed by atoms with Crippen LogP contribution >= 0.6 is 0 Å². The molecule has 4 aliphatic rings. The second kappa shape index (κ2) is 7.65. The lowest BCUT2D eigenvalue weighted by Crippen LogP contribution is -2.48. The summed E-state index contributed by atoms with van der Waals surface area (Å²) >= 11 is 0. The quantitative estimate of drug-likeness (QED) is 0.415. The maximum Gasteiger partial charge on any atom is 0.0639 e. The Hall–Kier alpha value is -2.81. The molecule has 3 heteroatoms. The van der Waals surface area contributed by atoms with Gasteiger partial charge in [0.15, 0.2) is 0 Å². The number of aliphatic imine (C=N–C) groups is 1. The molecule has 7 rings (SSSR count). The highest BCUT2D eigenvalue weighted by atomic mass is 15.1. The van der Waals surface area contributed by atoms with Gasteiger partial charge in [-0.15, -0.1) is 0 Å². The second-order valence-corrected chi connectivity index (χ2v) is 10.7. The zero-order valence-corrected chi connectivity index (χ0v) is 19.2. The monoisotopic (exact) mass is 423 g/mol. The van der Waals surface area contributed by atoms with Crippen molar-refractivity contribution in [1.82, 2.24) is 4.57 Å². The van der Waals surface area contributed by atoms with Crippen LogP contribution in [0.5, 0.6) is 0 Å². The van der Waals surface area contributed by atoms with Crippen molar-refractivity contribution in [3.8, 4) is 5.69 Å². The van der Waals surface area contributed by atoms with E-state index >= 15 is 0 Å². The van der Waals surface area contributed by atoms with Crippen molar-refractivity contribution in [3.63, 3.8) is 0 Å². The molecule has 0 spiro atoms. The minimum atomic E-state index is 0.463. The number of hydrogen-bond acceptors (Lipinski definition) is 2. The minimum Gasteiger partial charge on any atom is -0.378 e. The van der Waals surface area contributed by atoms with Crippen molar-refractivity contribution in [2.75, 3.05) is 19.0 Å². The van der Waals surface area contributed by atoms with E-state index in [0.717, 1.165) is 34.8 Å². The van der Waals surface area contributed by atoms with Crippen LogP contribution in [0.3, 0.4) is 0 Å². The Kier molecular flexibility index (Phi) is 4.74. The summed E-state index contributed by atoms with van der Waals surface area (Å²) in [5.74, 6) is 2.95. The van der Waals surface area contributed by atoms with Gasteiger partial charge in [0.2, 0.25) is 0 Å². The van der Waals surface area contributed by atoms with Crippen LogP contribution in [0.25, 0.3) is 5.69 Å². The Labute approximate surface area is 191 Å². The highest BCUT2D eigenvalue weighted by molar-refractivity contribution is 5.81. The molecule has 1 aromatic heterocycles. The van der Waals surface area contributed by atoms with E-state index in [2.05, 4.69) is 90.4 Å². The van der Waals surface area contributed by atoms with Crippen molar-refractivity contribution in [1.29, 1.82) is 0 Å². The van der Waals surface area contributed by atoms with Gasteiger partial charge in [-0.2, -0.15) is 0 Å². The van der Waals surface area contributed by atoms with E-state index < -0.39 is 0 Å². The van der Waals surface area contributed by atoms with E-state index in [9.17, 15) is 0 Å². The van der Waals surface area contributed by atoms with Crippen LogP contribution in [0.1, 0.15) is 49.8 Å². The molecule has 0 amide bonds. The summed E-state index contributed by atoms with van der Waals surface area (Å²) in [7, 11) is 4.13. The summed E-state index contributed by atoms with van der Waals surface area (Å²) in [6, 6.07) is 22.0. The molecule has 4 saturated carbocycles. The molecule has 164 valence electrons. The van der Waals surface area contributed by atoms with Crippen LogP contribution in [0.15, 0.2) is 71.9 Å². The summed E-state index contributed by atoms with van der Waals surface area (Å²) in [4.78, 5) is 6.93. The van der Waals surface area contributed by atoms with Crippen molar-refractivity contribution in [3.05, 3.63) is 78.1 Å². The Morgan fingerprint density at radius 3 is 2.06 bits per heavy atom. The van der Waals surface area contributed by atoms with E-state index in [4.69, 9.17) is 4.99 Å². The van der Waals surface area contributed by atoms with Crippen LogP contribution in [-0.2, 0) is 5.41 Å². The van der Waals surface area contributed by atoms with Crippen molar-refractivity contribution in [2.45, 2.75) is 43.9 Å². The molecule has 4 bridgehead atoms. The molecule has 4 aliphatic carbocycles. The van der Waals surface area contributed by atoms with E-state index in [1.165, 1.54) is 44.2 Å². The van der Waals surface area contributed by atoms with Crippen LogP contribution in [0.4, 0.5) is 11.4 Å². The lowest BCUT2D eigenvalue weighted by Gasteiger charge is -2.57. The first-order chi connectivity index (χ1) is 15.6. The predicted octanol–water partition coefficient (Wildman–Crippen LogP) is 6.76. The van der Waals surface area contributed by atoms with Gasteiger partial charge in [0.25, 0.3) is 0 Å².